The van der Waals surface area contributed by atoms with E-state index in [1.54, 1.807) is 11.5 Å². The SMILES string of the molecule is NC(=O)C1(Cc2ccc(OCc3cc(N4CCCC4)nc4ccccc34)c(F)c2)CC1C(=O)NO. The molecule has 2 heterocycles. The number of para-hydroxylation sites is 1. The quantitative estimate of drug-likeness (QED) is 0.338. The van der Waals surface area contributed by atoms with Crippen LogP contribution in [0.3, 0.4) is 0 Å². The maximum atomic E-state index is 14.9. The number of anilines is 1. The molecule has 1 aromatic heterocycles. The van der Waals surface area contributed by atoms with E-state index in [0.717, 1.165) is 48.2 Å². The molecule has 8 nitrogen and oxygen atoms in total. The van der Waals surface area contributed by atoms with E-state index < -0.39 is 29.0 Å². The van der Waals surface area contributed by atoms with Gasteiger partial charge in [0, 0.05) is 24.0 Å². The number of carbonyl (C=O) groups is 2. The highest BCUT2D eigenvalue weighted by Crippen LogP contribution is 2.54. The monoisotopic (exact) mass is 478 g/mol. The van der Waals surface area contributed by atoms with Gasteiger partial charge in [-0.15, -0.1) is 0 Å². The van der Waals surface area contributed by atoms with Crippen molar-refractivity contribution in [1.82, 2.24) is 10.5 Å². The smallest absolute Gasteiger partial charge is 0.247 e. The topological polar surface area (TPSA) is 118 Å². The Morgan fingerprint density at radius 1 is 1.20 bits per heavy atom. The van der Waals surface area contributed by atoms with Crippen LogP contribution in [-0.4, -0.2) is 35.1 Å². The summed E-state index contributed by atoms with van der Waals surface area (Å²) in [5.74, 6) is -1.62. The molecule has 2 amide bonds. The molecule has 0 spiro atoms. The van der Waals surface area contributed by atoms with Crippen molar-refractivity contribution in [3.8, 4) is 5.75 Å². The Hall–Kier alpha value is -3.72. The van der Waals surface area contributed by atoms with Crippen molar-refractivity contribution in [3.63, 3.8) is 0 Å². The lowest BCUT2D eigenvalue weighted by Crippen LogP contribution is -2.33. The Bertz CT molecular complexity index is 1290. The van der Waals surface area contributed by atoms with E-state index in [1.807, 2.05) is 30.3 Å². The number of hydroxylamine groups is 1. The Labute approximate surface area is 201 Å². The molecule has 0 radical (unpaired) electrons. The molecule has 3 aromatic rings. The van der Waals surface area contributed by atoms with E-state index in [9.17, 15) is 14.0 Å². The minimum absolute atomic E-state index is 0.0888. The van der Waals surface area contributed by atoms with Gasteiger partial charge in [0.1, 0.15) is 12.4 Å². The molecule has 5 rings (SSSR count). The lowest BCUT2D eigenvalue weighted by atomic mass is 9.92. The van der Waals surface area contributed by atoms with Crippen molar-refractivity contribution in [3.05, 3.63) is 65.5 Å². The van der Waals surface area contributed by atoms with Gasteiger partial charge in [0.25, 0.3) is 0 Å². The van der Waals surface area contributed by atoms with E-state index in [-0.39, 0.29) is 25.2 Å². The standard InChI is InChI=1S/C26H27FN4O4/c27-20-11-16(13-26(25(28)33)14-19(26)24(32)30-34)7-8-22(20)35-15-17-12-23(31-9-3-4-10-31)29-21-6-2-1-5-18(17)21/h1-2,5-8,11-12,19,34H,3-4,9-10,13-15H2,(H2,28,33)(H,30,32). The number of nitrogens with two attached hydrogens (primary N) is 1. The zero-order chi connectivity index (χ0) is 24.6. The normalized spacial score (nSPS) is 21.2. The van der Waals surface area contributed by atoms with Crippen molar-refractivity contribution in [2.75, 3.05) is 18.0 Å². The molecule has 182 valence electrons. The third-order valence-electron chi connectivity index (χ3n) is 7.11. The highest BCUT2D eigenvalue weighted by Gasteiger charge is 2.62. The third kappa shape index (κ3) is 4.39. The van der Waals surface area contributed by atoms with Crippen LogP contribution in [0.5, 0.6) is 5.75 Å². The zero-order valence-corrected chi connectivity index (χ0v) is 19.2. The number of hydrogen-bond donors (Lipinski definition) is 3. The minimum atomic E-state index is -1.12. The van der Waals surface area contributed by atoms with Crippen molar-refractivity contribution in [2.45, 2.75) is 32.3 Å². The van der Waals surface area contributed by atoms with Crippen LogP contribution in [0.2, 0.25) is 0 Å². The lowest BCUT2D eigenvalue weighted by molar-refractivity contribution is -0.134. The summed E-state index contributed by atoms with van der Waals surface area (Å²) >= 11 is 0. The average molecular weight is 479 g/mol. The molecule has 4 N–H and O–H groups in total. The first-order chi connectivity index (χ1) is 16.9. The van der Waals surface area contributed by atoms with Gasteiger partial charge in [-0.25, -0.2) is 14.9 Å². The maximum absolute atomic E-state index is 14.9. The number of primary amides is 1. The molecule has 1 aliphatic heterocycles. The van der Waals surface area contributed by atoms with Crippen molar-refractivity contribution in [1.29, 1.82) is 0 Å². The first kappa shape index (κ1) is 23.0. The van der Waals surface area contributed by atoms with Gasteiger partial charge in [-0.1, -0.05) is 24.3 Å². The fourth-order valence-electron chi connectivity index (χ4n) is 5.03. The van der Waals surface area contributed by atoms with Crippen LogP contribution in [-0.2, 0) is 22.6 Å². The van der Waals surface area contributed by atoms with E-state index in [1.165, 1.54) is 12.1 Å². The number of hydrogen-bond acceptors (Lipinski definition) is 6. The first-order valence-corrected chi connectivity index (χ1v) is 11.7. The molecule has 2 unspecified atom stereocenters. The predicted octanol–water partition coefficient (Wildman–Crippen LogP) is 3.09. The predicted molar refractivity (Wildman–Crippen MR) is 127 cm³/mol. The van der Waals surface area contributed by atoms with Crippen molar-refractivity contribution < 1.29 is 23.9 Å². The largest absolute Gasteiger partial charge is 0.486 e. The number of aromatic nitrogens is 1. The number of ether oxygens (including phenoxy) is 1. The second kappa shape index (κ2) is 9.14. The number of benzene rings is 2. The van der Waals surface area contributed by atoms with Crippen LogP contribution in [0.1, 0.15) is 30.4 Å². The molecule has 9 heteroatoms. The van der Waals surface area contributed by atoms with Gasteiger partial charge in [-0.05, 0) is 55.5 Å². The van der Waals surface area contributed by atoms with Crippen molar-refractivity contribution in [2.24, 2.45) is 17.1 Å². The number of rotatable bonds is 8. The molecular formula is C26H27FN4O4. The van der Waals surface area contributed by atoms with Crippen LogP contribution in [0.15, 0.2) is 48.5 Å². The summed E-state index contributed by atoms with van der Waals surface area (Å²) in [6.07, 6.45) is 2.59. The van der Waals surface area contributed by atoms with Gasteiger partial charge >= 0.3 is 0 Å². The molecule has 1 aliphatic carbocycles. The second-order valence-corrected chi connectivity index (χ2v) is 9.33. The molecule has 35 heavy (non-hydrogen) atoms. The minimum Gasteiger partial charge on any atom is -0.486 e. The van der Waals surface area contributed by atoms with Gasteiger partial charge in [0.05, 0.1) is 16.8 Å². The molecule has 2 atom stereocenters. The van der Waals surface area contributed by atoms with Crippen LogP contribution in [0.25, 0.3) is 10.9 Å². The summed E-state index contributed by atoms with van der Waals surface area (Å²) in [6, 6.07) is 14.3. The first-order valence-electron chi connectivity index (χ1n) is 11.7. The Kier molecular flexibility index (Phi) is 6.02. The van der Waals surface area contributed by atoms with Gasteiger partial charge in [-0.2, -0.15) is 0 Å². The maximum Gasteiger partial charge on any atom is 0.247 e. The highest BCUT2D eigenvalue weighted by molar-refractivity contribution is 5.95. The van der Waals surface area contributed by atoms with Gasteiger partial charge in [0.2, 0.25) is 11.8 Å². The zero-order valence-electron chi connectivity index (χ0n) is 19.2. The van der Waals surface area contributed by atoms with Crippen LogP contribution < -0.4 is 20.9 Å². The highest BCUT2D eigenvalue weighted by atomic mass is 19.1. The average Bonchev–Trinajstić information content (AvgIpc) is 3.32. The molecule has 2 fully saturated rings. The number of amides is 2. The molecule has 1 saturated carbocycles. The van der Waals surface area contributed by atoms with Crippen LogP contribution >= 0.6 is 0 Å². The van der Waals surface area contributed by atoms with Crippen LogP contribution in [0.4, 0.5) is 10.2 Å². The molecular weight excluding hydrogens is 451 g/mol. The van der Waals surface area contributed by atoms with Gasteiger partial charge in [-0.3, -0.25) is 14.8 Å². The van der Waals surface area contributed by atoms with Gasteiger partial charge < -0.3 is 15.4 Å². The van der Waals surface area contributed by atoms with E-state index in [2.05, 4.69) is 4.90 Å². The second-order valence-electron chi connectivity index (χ2n) is 9.33. The summed E-state index contributed by atoms with van der Waals surface area (Å²) < 4.78 is 20.8. The van der Waals surface area contributed by atoms with Gasteiger partial charge in [0.15, 0.2) is 11.6 Å². The lowest BCUT2D eigenvalue weighted by Gasteiger charge is -2.19. The number of carbonyl (C=O) groups excluding carboxylic acids is 2. The van der Waals surface area contributed by atoms with Crippen molar-refractivity contribution >= 4 is 28.5 Å². The number of halogens is 1. The number of pyridine rings is 1. The van der Waals surface area contributed by atoms with E-state index in [0.29, 0.717) is 5.56 Å². The summed E-state index contributed by atoms with van der Waals surface area (Å²) in [7, 11) is 0. The number of nitrogens with zero attached hydrogens (tertiary/aromatic N) is 2. The fraction of sp³-hybridized carbons (Fsp3) is 0.346. The number of nitrogens with one attached hydrogen (secondary N) is 1. The summed E-state index contributed by atoms with van der Waals surface area (Å²) in [6.45, 7) is 2.11. The summed E-state index contributed by atoms with van der Waals surface area (Å²) in [5, 5.41) is 9.83. The Balaban J connectivity index is 1.34. The fourth-order valence-corrected chi connectivity index (χ4v) is 5.03. The summed E-state index contributed by atoms with van der Waals surface area (Å²) in [4.78, 5) is 30.8. The molecule has 2 aromatic carbocycles. The van der Waals surface area contributed by atoms with Crippen LogP contribution in [0, 0.1) is 17.2 Å². The molecule has 2 aliphatic rings. The molecule has 0 bridgehead atoms. The third-order valence-corrected chi connectivity index (χ3v) is 7.11. The Morgan fingerprint density at radius 2 is 1.97 bits per heavy atom. The number of fused-ring (bicyclic) bond motifs is 1. The molecule has 1 saturated heterocycles. The van der Waals surface area contributed by atoms with E-state index >= 15 is 0 Å². The Morgan fingerprint density at radius 3 is 2.69 bits per heavy atom. The summed E-state index contributed by atoms with van der Waals surface area (Å²) in [5.41, 5.74) is 8.27. The van der Waals surface area contributed by atoms with E-state index in [4.69, 9.17) is 20.7 Å².